The number of nitrogens with zero attached hydrogens (tertiary/aromatic N) is 2. The van der Waals surface area contributed by atoms with E-state index in [1.54, 1.807) is 17.6 Å². The maximum atomic E-state index is 12.8. The Morgan fingerprint density at radius 2 is 1.61 bits per heavy atom. The number of rotatable bonds is 5. The van der Waals surface area contributed by atoms with E-state index in [2.05, 4.69) is 9.97 Å². The van der Waals surface area contributed by atoms with Gasteiger partial charge in [0, 0.05) is 11.3 Å². The van der Waals surface area contributed by atoms with Gasteiger partial charge < -0.3 is 4.98 Å². The van der Waals surface area contributed by atoms with E-state index in [9.17, 15) is 9.59 Å². The minimum atomic E-state index is -0.231. The normalized spacial score (nSPS) is 11.0. The number of benzene rings is 2. The first-order valence-electron chi connectivity index (χ1n) is 8.97. The van der Waals surface area contributed by atoms with Gasteiger partial charge in [-0.15, -0.1) is 0 Å². The van der Waals surface area contributed by atoms with Crippen LogP contribution in [0.15, 0.2) is 81.5 Å². The first-order valence-corrected chi connectivity index (χ1v) is 9.95. The lowest BCUT2D eigenvalue weighted by Crippen LogP contribution is -2.26. The Morgan fingerprint density at radius 1 is 0.964 bits per heavy atom. The Hall–Kier alpha value is -3.12. The van der Waals surface area contributed by atoms with Crippen molar-refractivity contribution in [3.8, 4) is 0 Å². The number of hydrogen-bond acceptors (Lipinski definition) is 4. The fraction of sp³-hybridized carbons (Fsp3) is 0.136. The smallest absolute Gasteiger partial charge is 0.261 e. The Morgan fingerprint density at radius 3 is 2.29 bits per heavy atom. The summed E-state index contributed by atoms with van der Waals surface area (Å²) >= 11 is 1.45. The van der Waals surface area contributed by atoms with Crippen LogP contribution in [0.3, 0.4) is 0 Å². The minimum Gasteiger partial charge on any atom is -0.301 e. The van der Waals surface area contributed by atoms with Gasteiger partial charge >= 0.3 is 0 Å². The summed E-state index contributed by atoms with van der Waals surface area (Å²) in [5, 5.41) is 0.934. The topological polar surface area (TPSA) is 67.8 Å². The minimum absolute atomic E-state index is 0.131. The maximum Gasteiger partial charge on any atom is 0.261 e. The fourth-order valence-corrected chi connectivity index (χ4v) is 3.89. The van der Waals surface area contributed by atoms with Gasteiger partial charge in [-0.1, -0.05) is 72.4 Å². The summed E-state index contributed by atoms with van der Waals surface area (Å²) < 4.78 is 1.59. The van der Waals surface area contributed by atoms with Crippen molar-refractivity contribution in [3.63, 3.8) is 0 Å². The SMILES string of the molecule is Cc1cc2c(=O)[nH]c(SCc3ccccc3)nc2n(Cc2ccccc2)c1=O. The second-order valence-corrected chi connectivity index (χ2v) is 7.55. The van der Waals surface area contributed by atoms with Crippen LogP contribution in [0.1, 0.15) is 16.7 Å². The van der Waals surface area contributed by atoms with E-state index < -0.39 is 0 Å². The molecule has 140 valence electrons. The summed E-state index contributed by atoms with van der Waals surface area (Å²) in [6.07, 6.45) is 0. The van der Waals surface area contributed by atoms with Gasteiger partial charge in [0.05, 0.1) is 11.9 Å². The highest BCUT2D eigenvalue weighted by atomic mass is 32.2. The fourth-order valence-electron chi connectivity index (χ4n) is 3.08. The highest BCUT2D eigenvalue weighted by Crippen LogP contribution is 2.20. The number of hydrogen-bond donors (Lipinski definition) is 1. The van der Waals surface area contributed by atoms with Crippen molar-refractivity contribution in [2.75, 3.05) is 0 Å². The zero-order valence-corrected chi connectivity index (χ0v) is 16.2. The Kier molecular flexibility index (Phi) is 5.12. The molecule has 0 aliphatic rings. The van der Waals surface area contributed by atoms with Gasteiger partial charge in [0.25, 0.3) is 11.1 Å². The van der Waals surface area contributed by atoms with Crippen LogP contribution in [0.4, 0.5) is 0 Å². The summed E-state index contributed by atoms with van der Waals surface area (Å²) in [5.74, 6) is 0.685. The van der Waals surface area contributed by atoms with E-state index >= 15 is 0 Å². The van der Waals surface area contributed by atoms with Gasteiger partial charge in [-0.3, -0.25) is 14.2 Å². The molecule has 1 N–H and O–H groups in total. The molecule has 6 heteroatoms. The van der Waals surface area contributed by atoms with Crippen LogP contribution in [0.25, 0.3) is 11.0 Å². The van der Waals surface area contributed by atoms with Crippen LogP contribution in [-0.2, 0) is 12.3 Å². The lowest BCUT2D eigenvalue weighted by atomic mass is 10.2. The highest BCUT2D eigenvalue weighted by molar-refractivity contribution is 7.98. The zero-order valence-electron chi connectivity index (χ0n) is 15.4. The largest absolute Gasteiger partial charge is 0.301 e. The van der Waals surface area contributed by atoms with Crippen LogP contribution in [0.5, 0.6) is 0 Å². The lowest BCUT2D eigenvalue weighted by molar-refractivity contribution is 0.763. The molecule has 0 saturated carbocycles. The molecule has 28 heavy (non-hydrogen) atoms. The Labute approximate surface area is 166 Å². The molecule has 0 fully saturated rings. The molecule has 0 spiro atoms. The van der Waals surface area contributed by atoms with Crippen LogP contribution in [0, 0.1) is 6.92 Å². The van der Waals surface area contributed by atoms with Crippen LogP contribution in [-0.4, -0.2) is 14.5 Å². The number of aromatic amines is 1. The molecule has 0 atom stereocenters. The van der Waals surface area contributed by atoms with Crippen molar-refractivity contribution < 1.29 is 0 Å². The molecule has 2 aromatic carbocycles. The number of pyridine rings is 1. The lowest BCUT2D eigenvalue weighted by Gasteiger charge is -2.12. The summed E-state index contributed by atoms with van der Waals surface area (Å²) in [6, 6.07) is 21.3. The van der Waals surface area contributed by atoms with Crippen LogP contribution >= 0.6 is 11.8 Å². The van der Waals surface area contributed by atoms with Gasteiger partial charge in [0.2, 0.25) is 0 Å². The van der Waals surface area contributed by atoms with E-state index in [1.807, 2.05) is 60.7 Å². The number of nitrogens with one attached hydrogen (secondary N) is 1. The molecule has 0 aliphatic heterocycles. The van der Waals surface area contributed by atoms with Crippen LogP contribution < -0.4 is 11.1 Å². The van der Waals surface area contributed by atoms with Gasteiger partial charge in [0.1, 0.15) is 0 Å². The highest BCUT2D eigenvalue weighted by Gasteiger charge is 2.13. The number of aryl methyl sites for hydroxylation is 1. The maximum absolute atomic E-state index is 12.8. The van der Waals surface area contributed by atoms with Crippen molar-refractivity contribution >= 4 is 22.8 Å². The number of thioether (sulfide) groups is 1. The molecule has 0 unspecified atom stereocenters. The molecular weight excluding hydrogens is 370 g/mol. The summed E-state index contributed by atoms with van der Waals surface area (Å²) in [5.41, 5.74) is 2.70. The van der Waals surface area contributed by atoms with E-state index in [0.29, 0.717) is 34.1 Å². The third-order valence-electron chi connectivity index (χ3n) is 4.51. The quantitative estimate of drug-likeness (QED) is 0.417. The predicted molar refractivity (Wildman–Crippen MR) is 113 cm³/mol. The first-order chi connectivity index (χ1) is 13.6. The van der Waals surface area contributed by atoms with Crippen LogP contribution in [0.2, 0.25) is 0 Å². The third-order valence-corrected chi connectivity index (χ3v) is 5.46. The van der Waals surface area contributed by atoms with Gasteiger partial charge in [-0.25, -0.2) is 4.98 Å². The molecule has 0 saturated heterocycles. The van der Waals surface area contributed by atoms with Crippen molar-refractivity contribution in [1.29, 1.82) is 0 Å². The first kappa shape index (κ1) is 18.3. The second kappa shape index (κ2) is 7.86. The number of H-pyrrole nitrogens is 1. The third kappa shape index (κ3) is 3.77. The average Bonchev–Trinajstić information content (AvgIpc) is 2.72. The molecule has 0 radical (unpaired) electrons. The molecular formula is C22H19N3O2S. The van der Waals surface area contributed by atoms with Gasteiger partial charge in [0.15, 0.2) is 10.8 Å². The Bertz CT molecular complexity index is 1230. The van der Waals surface area contributed by atoms with Gasteiger partial charge in [-0.05, 0) is 24.1 Å². The van der Waals surface area contributed by atoms with Gasteiger partial charge in [-0.2, -0.15) is 0 Å². The molecule has 4 aromatic rings. The predicted octanol–water partition coefficient (Wildman–Crippen LogP) is 3.73. The molecule has 0 aliphatic carbocycles. The molecule has 2 heterocycles. The average molecular weight is 389 g/mol. The van der Waals surface area contributed by atoms with Crippen molar-refractivity contribution in [2.45, 2.75) is 24.4 Å². The van der Waals surface area contributed by atoms with Crippen molar-refractivity contribution in [3.05, 3.63) is 104 Å². The van der Waals surface area contributed by atoms with E-state index in [-0.39, 0.29) is 11.1 Å². The van der Waals surface area contributed by atoms with E-state index in [0.717, 1.165) is 11.1 Å². The standard InChI is InChI=1S/C22H19N3O2S/c1-15-12-18-19(25(21(15)27)13-16-8-4-2-5-9-16)23-22(24-20(18)26)28-14-17-10-6-3-7-11-17/h2-12H,13-14H2,1H3,(H,23,24,26). The summed E-state index contributed by atoms with van der Waals surface area (Å²) in [4.78, 5) is 32.9. The molecule has 2 aromatic heterocycles. The van der Waals surface area contributed by atoms with E-state index in [4.69, 9.17) is 0 Å². The number of aromatic nitrogens is 3. The summed E-state index contributed by atoms with van der Waals surface area (Å²) in [7, 11) is 0. The second-order valence-electron chi connectivity index (χ2n) is 6.59. The molecule has 5 nitrogen and oxygen atoms in total. The molecule has 0 amide bonds. The van der Waals surface area contributed by atoms with Crippen molar-refractivity contribution in [2.24, 2.45) is 0 Å². The zero-order chi connectivity index (χ0) is 19.5. The molecule has 4 rings (SSSR count). The van der Waals surface area contributed by atoms with E-state index in [1.165, 1.54) is 11.8 Å². The summed E-state index contributed by atoms with van der Waals surface area (Å²) in [6.45, 7) is 2.10. The number of fused-ring (bicyclic) bond motifs is 1. The molecule has 0 bridgehead atoms. The van der Waals surface area contributed by atoms with Crippen molar-refractivity contribution in [1.82, 2.24) is 14.5 Å². The monoisotopic (exact) mass is 389 g/mol. The Balaban J connectivity index is 1.78.